The van der Waals surface area contributed by atoms with Gasteiger partial charge in [-0.05, 0) is 13.3 Å². The summed E-state index contributed by atoms with van der Waals surface area (Å²) in [6.07, 6.45) is 2.15. The molecule has 5 heteroatoms. The highest BCUT2D eigenvalue weighted by molar-refractivity contribution is 9.09. The second-order valence-electron chi connectivity index (χ2n) is 3.42. The van der Waals surface area contributed by atoms with Crippen molar-refractivity contribution >= 4 is 27.8 Å². The second-order valence-corrected chi connectivity index (χ2v) is 3.98. The van der Waals surface area contributed by atoms with Gasteiger partial charge in [-0.1, -0.05) is 35.7 Å². The maximum absolute atomic E-state index is 11.1. The quantitative estimate of drug-likeness (QED) is 0.716. The van der Waals surface area contributed by atoms with Gasteiger partial charge in [0.15, 0.2) is 0 Å². The molecule has 1 unspecified atom stereocenters. The summed E-state index contributed by atoms with van der Waals surface area (Å²) in [5.41, 5.74) is -1.14. The van der Waals surface area contributed by atoms with Crippen LogP contribution in [0, 0.1) is 0 Å². The molecule has 0 aromatic carbocycles. The van der Waals surface area contributed by atoms with E-state index in [0.717, 1.165) is 12.8 Å². The van der Waals surface area contributed by atoms with Crippen LogP contribution < -0.4 is 5.32 Å². The summed E-state index contributed by atoms with van der Waals surface area (Å²) in [7, 11) is 0. The molecule has 0 saturated heterocycles. The first kappa shape index (κ1) is 13.4. The normalized spacial score (nSPS) is 14.5. The molecule has 0 bridgehead atoms. The van der Waals surface area contributed by atoms with Crippen molar-refractivity contribution in [2.45, 2.75) is 38.6 Å². The topological polar surface area (TPSA) is 66.4 Å². The maximum atomic E-state index is 11.1. The Bertz CT molecular complexity index is 220. The van der Waals surface area contributed by atoms with Crippen molar-refractivity contribution in [3.63, 3.8) is 0 Å². The average molecular weight is 266 g/mol. The first-order chi connectivity index (χ1) is 6.46. The molecule has 0 fully saturated rings. The van der Waals surface area contributed by atoms with E-state index in [0.29, 0.717) is 6.42 Å². The summed E-state index contributed by atoms with van der Waals surface area (Å²) in [5.74, 6) is -1.29. The van der Waals surface area contributed by atoms with E-state index >= 15 is 0 Å². The van der Waals surface area contributed by atoms with Gasteiger partial charge in [-0.25, -0.2) is 4.79 Å². The van der Waals surface area contributed by atoms with Crippen LogP contribution in [0.2, 0.25) is 0 Å². The van der Waals surface area contributed by atoms with Gasteiger partial charge in [0, 0.05) is 0 Å². The fourth-order valence-corrected chi connectivity index (χ4v) is 1.23. The van der Waals surface area contributed by atoms with Crippen LogP contribution in [-0.4, -0.2) is 27.9 Å². The van der Waals surface area contributed by atoms with Gasteiger partial charge in [0.1, 0.15) is 5.54 Å². The summed E-state index contributed by atoms with van der Waals surface area (Å²) >= 11 is 2.98. The Morgan fingerprint density at radius 3 is 2.43 bits per heavy atom. The average Bonchev–Trinajstić information content (AvgIpc) is 2.14. The lowest BCUT2D eigenvalue weighted by Crippen LogP contribution is -2.52. The van der Waals surface area contributed by atoms with E-state index in [1.807, 2.05) is 6.92 Å². The Balaban J connectivity index is 4.39. The molecule has 0 spiro atoms. The third kappa shape index (κ3) is 4.09. The Kier molecular flexibility index (Phi) is 5.76. The number of carboxylic acids is 1. The molecule has 0 aliphatic heterocycles. The highest BCUT2D eigenvalue weighted by Gasteiger charge is 2.33. The molecule has 1 atom stereocenters. The minimum Gasteiger partial charge on any atom is -0.480 e. The molecular formula is C9H16BrNO3. The van der Waals surface area contributed by atoms with Crippen LogP contribution in [-0.2, 0) is 9.59 Å². The van der Waals surface area contributed by atoms with E-state index in [1.54, 1.807) is 0 Å². The van der Waals surface area contributed by atoms with Crippen LogP contribution in [0.25, 0.3) is 0 Å². The number of hydrogen-bond donors (Lipinski definition) is 2. The molecule has 82 valence electrons. The third-order valence-electron chi connectivity index (χ3n) is 2.04. The molecule has 0 aliphatic carbocycles. The van der Waals surface area contributed by atoms with E-state index in [2.05, 4.69) is 21.2 Å². The Morgan fingerprint density at radius 2 is 2.07 bits per heavy atom. The predicted molar refractivity (Wildman–Crippen MR) is 57.5 cm³/mol. The van der Waals surface area contributed by atoms with Crippen molar-refractivity contribution in [1.29, 1.82) is 0 Å². The summed E-state index contributed by atoms with van der Waals surface area (Å²) in [5, 5.41) is 11.6. The number of carbonyl (C=O) groups is 2. The lowest BCUT2D eigenvalue weighted by molar-refractivity contribution is -0.146. The number of unbranched alkanes of at least 4 members (excludes halogenated alkanes) is 1. The fourth-order valence-electron chi connectivity index (χ4n) is 1.09. The van der Waals surface area contributed by atoms with Gasteiger partial charge in [0.25, 0.3) is 0 Å². The van der Waals surface area contributed by atoms with Gasteiger partial charge >= 0.3 is 5.97 Å². The number of halogens is 1. The molecule has 0 saturated carbocycles. The molecule has 14 heavy (non-hydrogen) atoms. The lowest BCUT2D eigenvalue weighted by atomic mass is 9.95. The minimum absolute atomic E-state index is 0.127. The van der Waals surface area contributed by atoms with Gasteiger partial charge in [0.05, 0.1) is 5.33 Å². The van der Waals surface area contributed by atoms with Crippen LogP contribution >= 0.6 is 15.9 Å². The Hall–Kier alpha value is -0.580. The van der Waals surface area contributed by atoms with Crippen molar-refractivity contribution in [2.24, 2.45) is 0 Å². The van der Waals surface area contributed by atoms with Crippen molar-refractivity contribution in [2.75, 3.05) is 5.33 Å². The summed E-state index contributed by atoms with van der Waals surface area (Å²) in [6, 6.07) is 0. The van der Waals surface area contributed by atoms with Gasteiger partial charge < -0.3 is 10.4 Å². The summed E-state index contributed by atoms with van der Waals surface area (Å²) in [6.45, 7) is 3.51. The number of aliphatic carboxylic acids is 1. The fraction of sp³-hybridized carbons (Fsp3) is 0.778. The molecule has 1 amide bonds. The summed E-state index contributed by atoms with van der Waals surface area (Å²) in [4.78, 5) is 22.0. The summed E-state index contributed by atoms with van der Waals surface area (Å²) < 4.78 is 0. The number of alkyl halides is 1. The van der Waals surface area contributed by atoms with Crippen LogP contribution in [0.4, 0.5) is 0 Å². The highest BCUT2D eigenvalue weighted by atomic mass is 79.9. The second kappa shape index (κ2) is 6.01. The maximum Gasteiger partial charge on any atom is 0.329 e. The molecule has 0 radical (unpaired) electrons. The van der Waals surface area contributed by atoms with E-state index in [4.69, 9.17) is 5.11 Å². The molecule has 2 N–H and O–H groups in total. The SMILES string of the molecule is CCCCC(C)(NC(=O)CBr)C(=O)O. The third-order valence-corrected chi connectivity index (χ3v) is 2.55. The van der Waals surface area contributed by atoms with Crippen molar-refractivity contribution in [1.82, 2.24) is 5.32 Å². The monoisotopic (exact) mass is 265 g/mol. The Morgan fingerprint density at radius 1 is 1.50 bits per heavy atom. The van der Waals surface area contributed by atoms with Crippen molar-refractivity contribution in [3.05, 3.63) is 0 Å². The van der Waals surface area contributed by atoms with Crippen molar-refractivity contribution in [3.8, 4) is 0 Å². The van der Waals surface area contributed by atoms with Gasteiger partial charge in [-0.2, -0.15) is 0 Å². The number of carbonyl (C=O) groups excluding carboxylic acids is 1. The molecule has 4 nitrogen and oxygen atoms in total. The first-order valence-corrected chi connectivity index (χ1v) is 5.68. The molecule has 0 heterocycles. The van der Waals surface area contributed by atoms with E-state index in [1.165, 1.54) is 6.92 Å². The van der Waals surface area contributed by atoms with Crippen LogP contribution in [0.1, 0.15) is 33.1 Å². The Labute approximate surface area is 92.2 Å². The number of hydrogen-bond acceptors (Lipinski definition) is 2. The standard InChI is InChI=1S/C9H16BrNO3/c1-3-4-5-9(2,8(13)14)11-7(12)6-10/h3-6H2,1-2H3,(H,11,12)(H,13,14). The van der Waals surface area contributed by atoms with Gasteiger partial charge in [0.2, 0.25) is 5.91 Å². The zero-order valence-corrected chi connectivity index (χ0v) is 10.1. The van der Waals surface area contributed by atoms with Crippen LogP contribution in [0.5, 0.6) is 0 Å². The van der Waals surface area contributed by atoms with Crippen LogP contribution in [0.3, 0.4) is 0 Å². The van der Waals surface area contributed by atoms with Crippen LogP contribution in [0.15, 0.2) is 0 Å². The number of nitrogens with one attached hydrogen (secondary N) is 1. The lowest BCUT2D eigenvalue weighted by Gasteiger charge is -2.25. The molecule has 0 rings (SSSR count). The minimum atomic E-state index is -1.14. The number of rotatable bonds is 6. The molecule has 0 aromatic heterocycles. The smallest absolute Gasteiger partial charge is 0.329 e. The predicted octanol–water partition coefficient (Wildman–Crippen LogP) is 1.53. The largest absolute Gasteiger partial charge is 0.480 e. The van der Waals surface area contributed by atoms with Gasteiger partial charge in [-0.3, -0.25) is 4.79 Å². The van der Waals surface area contributed by atoms with E-state index in [9.17, 15) is 9.59 Å². The van der Waals surface area contributed by atoms with Gasteiger partial charge in [-0.15, -0.1) is 0 Å². The number of carboxylic acid groups (broad SMARTS) is 1. The zero-order chi connectivity index (χ0) is 11.2. The number of amides is 1. The van der Waals surface area contributed by atoms with E-state index in [-0.39, 0.29) is 11.2 Å². The zero-order valence-electron chi connectivity index (χ0n) is 8.47. The first-order valence-electron chi connectivity index (χ1n) is 4.56. The van der Waals surface area contributed by atoms with E-state index < -0.39 is 11.5 Å². The molecular weight excluding hydrogens is 250 g/mol. The highest BCUT2D eigenvalue weighted by Crippen LogP contribution is 2.14. The molecule has 0 aromatic rings. The van der Waals surface area contributed by atoms with Crippen molar-refractivity contribution < 1.29 is 14.7 Å². The molecule has 0 aliphatic rings.